The Morgan fingerprint density at radius 2 is 2.16 bits per heavy atom. The summed E-state index contributed by atoms with van der Waals surface area (Å²) in [5, 5.41) is 2.95. The molecular formula is C19H22BrN3O2. The fraction of sp³-hybridized carbons (Fsp3) is 0.368. The number of amides is 1. The van der Waals surface area contributed by atoms with Crippen LogP contribution in [0.3, 0.4) is 0 Å². The lowest BCUT2D eigenvalue weighted by molar-refractivity contribution is 0.102. The smallest absolute Gasteiger partial charge is 0.259 e. The fourth-order valence-corrected chi connectivity index (χ4v) is 2.85. The Bertz CT molecular complexity index is 760. The molecule has 1 saturated carbocycles. The topological polar surface area (TPSA) is 54.5 Å². The summed E-state index contributed by atoms with van der Waals surface area (Å²) in [5.41, 5.74) is 2.33. The van der Waals surface area contributed by atoms with Gasteiger partial charge in [-0.2, -0.15) is 0 Å². The number of nitrogens with zero attached hydrogens (tertiary/aromatic N) is 2. The van der Waals surface area contributed by atoms with E-state index in [4.69, 9.17) is 4.74 Å². The Morgan fingerprint density at radius 1 is 1.36 bits per heavy atom. The summed E-state index contributed by atoms with van der Waals surface area (Å²) in [6.07, 6.45) is 4.25. The van der Waals surface area contributed by atoms with Gasteiger partial charge in [-0.15, -0.1) is 0 Å². The van der Waals surface area contributed by atoms with Gasteiger partial charge in [0.05, 0.1) is 12.2 Å². The standard InChI is InChI=1S/C19H22BrN3O2/c1-23(2)18-17(9-15(20)10-21-18)19(24)22-16-5-3-4-14(8-16)12-25-11-13-6-7-13/h3-5,8-10,13H,6-7,11-12H2,1-2H3,(H,22,24). The molecule has 0 unspecified atom stereocenters. The van der Waals surface area contributed by atoms with Crippen molar-refractivity contribution < 1.29 is 9.53 Å². The van der Waals surface area contributed by atoms with Crippen LogP contribution in [0, 0.1) is 5.92 Å². The Hall–Kier alpha value is -1.92. The van der Waals surface area contributed by atoms with Gasteiger partial charge in [0, 0.05) is 37.1 Å². The maximum Gasteiger partial charge on any atom is 0.259 e. The van der Waals surface area contributed by atoms with Crippen molar-refractivity contribution in [2.75, 3.05) is 30.9 Å². The van der Waals surface area contributed by atoms with E-state index < -0.39 is 0 Å². The summed E-state index contributed by atoms with van der Waals surface area (Å²) < 4.78 is 6.49. The van der Waals surface area contributed by atoms with Crippen molar-refractivity contribution in [2.45, 2.75) is 19.4 Å². The Kier molecular flexibility index (Phi) is 5.71. The average Bonchev–Trinajstić information content (AvgIpc) is 3.39. The van der Waals surface area contributed by atoms with Gasteiger partial charge in [0.15, 0.2) is 0 Å². The van der Waals surface area contributed by atoms with Gasteiger partial charge in [0.25, 0.3) is 5.91 Å². The monoisotopic (exact) mass is 403 g/mol. The molecule has 1 fully saturated rings. The molecule has 1 amide bonds. The van der Waals surface area contributed by atoms with Gasteiger partial charge >= 0.3 is 0 Å². The highest BCUT2D eigenvalue weighted by atomic mass is 79.9. The highest BCUT2D eigenvalue weighted by molar-refractivity contribution is 9.10. The van der Waals surface area contributed by atoms with Gasteiger partial charge in [0.1, 0.15) is 5.82 Å². The van der Waals surface area contributed by atoms with Crippen LogP contribution in [0.2, 0.25) is 0 Å². The van der Waals surface area contributed by atoms with Crippen molar-refractivity contribution in [2.24, 2.45) is 5.92 Å². The van der Waals surface area contributed by atoms with E-state index in [9.17, 15) is 4.79 Å². The second-order valence-electron chi connectivity index (χ2n) is 6.53. The summed E-state index contributed by atoms with van der Waals surface area (Å²) in [7, 11) is 3.73. The van der Waals surface area contributed by atoms with E-state index >= 15 is 0 Å². The van der Waals surface area contributed by atoms with E-state index in [-0.39, 0.29) is 5.91 Å². The molecule has 6 heteroatoms. The summed E-state index contributed by atoms with van der Waals surface area (Å²) in [6.45, 7) is 1.40. The number of nitrogens with one attached hydrogen (secondary N) is 1. The van der Waals surface area contributed by atoms with Crippen LogP contribution in [-0.2, 0) is 11.3 Å². The minimum Gasteiger partial charge on any atom is -0.376 e. The first-order chi connectivity index (χ1) is 12.0. The Balaban J connectivity index is 1.69. The zero-order chi connectivity index (χ0) is 17.8. The molecule has 0 aliphatic heterocycles. The number of carbonyl (C=O) groups is 1. The van der Waals surface area contributed by atoms with Gasteiger partial charge in [0.2, 0.25) is 0 Å². The molecule has 0 atom stereocenters. The lowest BCUT2D eigenvalue weighted by Gasteiger charge is -2.16. The minimum atomic E-state index is -0.187. The zero-order valence-electron chi connectivity index (χ0n) is 14.5. The number of hydrogen-bond donors (Lipinski definition) is 1. The van der Waals surface area contributed by atoms with E-state index in [1.807, 2.05) is 43.3 Å². The number of hydrogen-bond acceptors (Lipinski definition) is 4. The van der Waals surface area contributed by atoms with Crippen LogP contribution in [0.25, 0.3) is 0 Å². The number of pyridine rings is 1. The van der Waals surface area contributed by atoms with Gasteiger partial charge < -0.3 is 15.0 Å². The molecular weight excluding hydrogens is 382 g/mol. The summed E-state index contributed by atoms with van der Waals surface area (Å²) in [4.78, 5) is 18.8. The first kappa shape index (κ1) is 17.9. The highest BCUT2D eigenvalue weighted by Gasteiger charge is 2.21. The first-order valence-electron chi connectivity index (χ1n) is 8.34. The van der Waals surface area contributed by atoms with Crippen LogP contribution in [-0.4, -0.2) is 31.6 Å². The van der Waals surface area contributed by atoms with Crippen molar-refractivity contribution in [3.63, 3.8) is 0 Å². The third kappa shape index (κ3) is 5.03. The molecule has 0 radical (unpaired) electrons. The zero-order valence-corrected chi connectivity index (χ0v) is 16.0. The summed E-state index contributed by atoms with van der Waals surface area (Å²) in [5.74, 6) is 1.19. The number of rotatable bonds is 7. The average molecular weight is 404 g/mol. The molecule has 1 aromatic carbocycles. The largest absolute Gasteiger partial charge is 0.376 e. The predicted molar refractivity (Wildman–Crippen MR) is 103 cm³/mol. The number of ether oxygens (including phenoxy) is 1. The van der Waals surface area contributed by atoms with Crippen LogP contribution in [0.4, 0.5) is 11.5 Å². The van der Waals surface area contributed by atoms with Crippen molar-refractivity contribution >= 4 is 33.3 Å². The van der Waals surface area contributed by atoms with Gasteiger partial charge in [-0.25, -0.2) is 4.98 Å². The van der Waals surface area contributed by atoms with Crippen LogP contribution >= 0.6 is 15.9 Å². The summed E-state index contributed by atoms with van der Waals surface area (Å²) >= 11 is 3.38. The normalized spacial score (nSPS) is 13.6. The van der Waals surface area contributed by atoms with Crippen molar-refractivity contribution in [1.82, 2.24) is 4.98 Å². The molecule has 1 aliphatic rings. The van der Waals surface area contributed by atoms with Crippen molar-refractivity contribution in [3.05, 3.63) is 52.1 Å². The van der Waals surface area contributed by atoms with Crippen molar-refractivity contribution in [1.29, 1.82) is 0 Å². The van der Waals surface area contributed by atoms with Gasteiger partial charge in [-0.1, -0.05) is 12.1 Å². The third-order valence-electron chi connectivity index (χ3n) is 4.01. The van der Waals surface area contributed by atoms with Crippen LogP contribution < -0.4 is 10.2 Å². The second kappa shape index (κ2) is 7.97. The van der Waals surface area contributed by atoms with Crippen LogP contribution in [0.15, 0.2) is 41.0 Å². The summed E-state index contributed by atoms with van der Waals surface area (Å²) in [6, 6.07) is 9.54. The molecule has 3 rings (SSSR count). The number of carbonyl (C=O) groups excluding carboxylic acids is 1. The third-order valence-corrected chi connectivity index (χ3v) is 4.44. The molecule has 0 spiro atoms. The molecule has 1 N–H and O–H groups in total. The highest BCUT2D eigenvalue weighted by Crippen LogP contribution is 2.29. The molecule has 132 valence electrons. The van der Waals surface area contributed by atoms with Gasteiger partial charge in [-0.05, 0) is 58.5 Å². The van der Waals surface area contributed by atoms with Crippen LogP contribution in [0.1, 0.15) is 28.8 Å². The quantitative estimate of drug-likeness (QED) is 0.756. The van der Waals surface area contributed by atoms with E-state index in [1.165, 1.54) is 12.8 Å². The molecule has 25 heavy (non-hydrogen) atoms. The lowest BCUT2D eigenvalue weighted by atomic mass is 10.2. The van der Waals surface area contributed by atoms with E-state index in [0.29, 0.717) is 18.0 Å². The van der Waals surface area contributed by atoms with Crippen LogP contribution in [0.5, 0.6) is 0 Å². The predicted octanol–water partition coefficient (Wildman–Crippen LogP) is 4.09. The molecule has 0 saturated heterocycles. The number of benzene rings is 1. The molecule has 0 bridgehead atoms. The van der Waals surface area contributed by atoms with Gasteiger partial charge in [-0.3, -0.25) is 4.79 Å². The SMILES string of the molecule is CN(C)c1ncc(Br)cc1C(=O)Nc1cccc(COCC2CC2)c1. The maximum atomic E-state index is 12.7. The number of anilines is 2. The number of aromatic nitrogens is 1. The molecule has 1 aromatic heterocycles. The van der Waals surface area contributed by atoms with E-state index in [0.717, 1.165) is 28.2 Å². The molecule has 5 nitrogen and oxygen atoms in total. The minimum absolute atomic E-state index is 0.187. The van der Waals surface area contributed by atoms with E-state index in [1.54, 1.807) is 12.3 Å². The maximum absolute atomic E-state index is 12.7. The molecule has 1 heterocycles. The Labute approximate surface area is 156 Å². The fourth-order valence-electron chi connectivity index (χ4n) is 2.52. The lowest BCUT2D eigenvalue weighted by Crippen LogP contribution is -2.20. The first-order valence-corrected chi connectivity index (χ1v) is 9.13. The molecule has 2 aromatic rings. The molecule has 1 aliphatic carbocycles. The van der Waals surface area contributed by atoms with E-state index in [2.05, 4.69) is 26.2 Å². The Morgan fingerprint density at radius 3 is 2.88 bits per heavy atom. The number of halogens is 1. The van der Waals surface area contributed by atoms with Crippen molar-refractivity contribution in [3.8, 4) is 0 Å². The second-order valence-corrected chi connectivity index (χ2v) is 7.45.